The molecule has 134 valence electrons. The van der Waals surface area contributed by atoms with Crippen molar-refractivity contribution in [2.24, 2.45) is 0 Å². The molecule has 0 saturated carbocycles. The predicted molar refractivity (Wildman–Crippen MR) is 98.5 cm³/mol. The minimum atomic E-state index is -1.11. The molecule has 0 radical (unpaired) electrons. The summed E-state index contributed by atoms with van der Waals surface area (Å²) in [4.78, 5) is 40.5. The fourth-order valence-electron chi connectivity index (χ4n) is 3.52. The van der Waals surface area contributed by atoms with E-state index in [9.17, 15) is 19.5 Å². The summed E-state index contributed by atoms with van der Waals surface area (Å²) in [5.41, 5.74) is 1.46. The molecule has 0 aromatic heterocycles. The second kappa shape index (κ2) is 6.64. The molecule has 1 atom stereocenters. The monoisotopic (exact) mass is 370 g/mol. The number of anilines is 1. The van der Waals surface area contributed by atoms with Crippen molar-refractivity contribution in [1.82, 2.24) is 4.90 Å². The van der Waals surface area contributed by atoms with Gasteiger partial charge in [0.25, 0.3) is 5.91 Å². The van der Waals surface area contributed by atoms with Gasteiger partial charge in [0.2, 0.25) is 5.12 Å². The lowest BCUT2D eigenvalue weighted by atomic mass is 9.98. The zero-order valence-corrected chi connectivity index (χ0v) is 14.9. The van der Waals surface area contributed by atoms with Crippen LogP contribution in [0.25, 0.3) is 0 Å². The molecule has 3 aliphatic heterocycles. The average molecular weight is 370 g/mol. The molecule has 4 rings (SSSR count). The highest BCUT2D eigenvalue weighted by Crippen LogP contribution is 2.41. The first-order valence-electron chi connectivity index (χ1n) is 8.59. The van der Waals surface area contributed by atoms with E-state index in [1.165, 1.54) is 6.08 Å². The lowest BCUT2D eigenvalue weighted by Gasteiger charge is -2.45. The molecule has 1 aromatic rings. The van der Waals surface area contributed by atoms with E-state index in [1.807, 2.05) is 30.3 Å². The average Bonchev–Trinajstić information content (AvgIpc) is 2.62. The third-order valence-corrected chi connectivity index (χ3v) is 6.10. The van der Waals surface area contributed by atoms with Crippen molar-refractivity contribution in [3.63, 3.8) is 0 Å². The van der Waals surface area contributed by atoms with Crippen molar-refractivity contribution >= 4 is 34.4 Å². The van der Waals surface area contributed by atoms with Gasteiger partial charge in [-0.1, -0.05) is 30.0 Å². The van der Waals surface area contributed by atoms with Crippen LogP contribution >= 0.6 is 11.8 Å². The van der Waals surface area contributed by atoms with Gasteiger partial charge in [-0.15, -0.1) is 0 Å². The van der Waals surface area contributed by atoms with Crippen LogP contribution < -0.4 is 4.90 Å². The van der Waals surface area contributed by atoms with Crippen LogP contribution in [0.3, 0.4) is 0 Å². The van der Waals surface area contributed by atoms with Gasteiger partial charge in [0.15, 0.2) is 0 Å². The maximum absolute atomic E-state index is 12.9. The van der Waals surface area contributed by atoms with Crippen LogP contribution in [-0.2, 0) is 14.4 Å². The van der Waals surface area contributed by atoms with Crippen molar-refractivity contribution in [2.75, 3.05) is 18.0 Å². The Hall–Kier alpha value is -2.54. The number of nitrogens with zero attached hydrogens (tertiary/aromatic N) is 2. The molecule has 1 N–H and O–H groups in total. The second-order valence-corrected chi connectivity index (χ2v) is 7.63. The van der Waals surface area contributed by atoms with E-state index in [2.05, 4.69) is 0 Å². The van der Waals surface area contributed by atoms with Gasteiger partial charge < -0.3 is 14.9 Å². The van der Waals surface area contributed by atoms with E-state index >= 15 is 0 Å². The molecule has 26 heavy (non-hydrogen) atoms. The molecule has 2 fully saturated rings. The molecule has 2 saturated heterocycles. The quantitative estimate of drug-likeness (QED) is 0.823. The van der Waals surface area contributed by atoms with Gasteiger partial charge in [0, 0.05) is 24.4 Å². The minimum absolute atomic E-state index is 0.0298. The number of carboxylic acid groups (broad SMARTS) is 1. The zero-order valence-electron chi connectivity index (χ0n) is 14.1. The Morgan fingerprint density at radius 3 is 2.62 bits per heavy atom. The molecule has 6 nitrogen and oxygen atoms in total. The van der Waals surface area contributed by atoms with Crippen LogP contribution in [0.2, 0.25) is 0 Å². The minimum Gasteiger partial charge on any atom is -0.477 e. The first kappa shape index (κ1) is 16.9. The van der Waals surface area contributed by atoms with Crippen molar-refractivity contribution in [2.45, 2.75) is 24.6 Å². The zero-order chi connectivity index (χ0) is 18.3. The summed E-state index contributed by atoms with van der Waals surface area (Å²) in [6, 6.07) is 9.37. The summed E-state index contributed by atoms with van der Waals surface area (Å²) in [5.74, 6) is -1.28. The highest BCUT2D eigenvalue weighted by Gasteiger charge is 2.42. The van der Waals surface area contributed by atoms with E-state index in [-0.39, 0.29) is 27.7 Å². The topological polar surface area (TPSA) is 77.9 Å². The number of carboxylic acids is 1. The Labute approximate surface area is 155 Å². The summed E-state index contributed by atoms with van der Waals surface area (Å²) in [5, 5.41) is 9.24. The number of fused-ring (bicyclic) bond motifs is 1. The smallest absolute Gasteiger partial charge is 0.352 e. The van der Waals surface area contributed by atoms with Crippen molar-refractivity contribution < 1.29 is 19.5 Å². The normalized spacial score (nSPS) is 24.6. The third kappa shape index (κ3) is 2.82. The number of rotatable bonds is 3. The number of allylic oxidation sites excluding steroid dienone is 1. The van der Waals surface area contributed by atoms with Crippen molar-refractivity contribution in [3.8, 4) is 0 Å². The fourth-order valence-corrected chi connectivity index (χ4v) is 4.61. The van der Waals surface area contributed by atoms with Crippen molar-refractivity contribution in [3.05, 3.63) is 53.3 Å². The summed E-state index contributed by atoms with van der Waals surface area (Å²) in [6.07, 6.45) is 3.62. The number of aliphatic carboxylic acids is 1. The fraction of sp³-hybridized carbons (Fsp3) is 0.316. The maximum atomic E-state index is 12.9. The van der Waals surface area contributed by atoms with Crippen LogP contribution in [0.15, 0.2) is 53.3 Å². The molecule has 3 aliphatic rings. The Morgan fingerprint density at radius 1 is 1.19 bits per heavy atom. The summed E-state index contributed by atoms with van der Waals surface area (Å²) in [7, 11) is 0. The van der Waals surface area contributed by atoms with E-state index in [1.54, 1.807) is 9.80 Å². The van der Waals surface area contributed by atoms with Gasteiger partial charge in [0.05, 0.1) is 10.9 Å². The highest BCUT2D eigenvalue weighted by molar-refractivity contribution is 8.14. The van der Waals surface area contributed by atoms with Crippen LogP contribution in [0.5, 0.6) is 0 Å². The van der Waals surface area contributed by atoms with Crippen LogP contribution in [0.1, 0.15) is 19.3 Å². The van der Waals surface area contributed by atoms with Gasteiger partial charge in [-0.2, -0.15) is 0 Å². The predicted octanol–water partition coefficient (Wildman–Crippen LogP) is 2.38. The summed E-state index contributed by atoms with van der Waals surface area (Å²) in [6.45, 7) is 1.24. The molecule has 0 aliphatic carbocycles. The van der Waals surface area contributed by atoms with E-state index < -0.39 is 5.97 Å². The summed E-state index contributed by atoms with van der Waals surface area (Å²) < 4.78 is 0. The Kier molecular flexibility index (Phi) is 4.32. The van der Waals surface area contributed by atoms with Gasteiger partial charge in [-0.25, -0.2) is 4.79 Å². The third-order valence-electron chi connectivity index (χ3n) is 4.91. The number of amides is 1. The van der Waals surface area contributed by atoms with Gasteiger partial charge >= 0.3 is 5.97 Å². The maximum Gasteiger partial charge on any atom is 0.352 e. The van der Waals surface area contributed by atoms with Crippen LogP contribution in [-0.4, -0.2) is 45.5 Å². The lowest BCUT2D eigenvalue weighted by Crippen LogP contribution is -2.50. The van der Waals surface area contributed by atoms with E-state index in [4.69, 9.17) is 0 Å². The van der Waals surface area contributed by atoms with Gasteiger partial charge in [-0.05, 0) is 37.5 Å². The van der Waals surface area contributed by atoms with Crippen molar-refractivity contribution in [1.29, 1.82) is 0 Å². The van der Waals surface area contributed by atoms with Gasteiger partial charge in [-0.3, -0.25) is 9.59 Å². The van der Waals surface area contributed by atoms with E-state index in [0.29, 0.717) is 25.1 Å². The van der Waals surface area contributed by atoms with Gasteiger partial charge in [0.1, 0.15) is 5.70 Å². The first-order valence-corrected chi connectivity index (χ1v) is 9.47. The number of thioether (sulfide) groups is 1. The standard InChI is InChI=1S/C19H18N2O4S/c22-17-12(5-4-9-20(17)13-6-2-1-3-7-13)11-14-16(18(23)24)21-10-8-15(21)26-19(14)25/h1-3,6-7,11,15H,4-5,8-10H2,(H,23,24)/b12-11+. The first-order chi connectivity index (χ1) is 12.6. The lowest BCUT2D eigenvalue weighted by molar-refractivity contribution is -0.135. The largest absolute Gasteiger partial charge is 0.477 e. The Bertz CT molecular complexity index is 846. The molecule has 3 heterocycles. The molecule has 1 amide bonds. The number of para-hydroxylation sites is 1. The SMILES string of the molecule is O=C(O)C1=C(/C=C2\CCCN(c3ccccc3)C2=O)C(=O)SC2CCN12. The molecule has 1 aromatic carbocycles. The summed E-state index contributed by atoms with van der Waals surface area (Å²) >= 11 is 1.15. The van der Waals surface area contributed by atoms with Crippen LogP contribution in [0, 0.1) is 0 Å². The molecule has 7 heteroatoms. The van der Waals surface area contributed by atoms with Crippen LogP contribution in [0.4, 0.5) is 5.69 Å². The molecular weight excluding hydrogens is 352 g/mol. The Morgan fingerprint density at radius 2 is 1.96 bits per heavy atom. The highest BCUT2D eigenvalue weighted by atomic mass is 32.2. The number of benzene rings is 1. The Balaban J connectivity index is 1.71. The molecule has 1 unspecified atom stereocenters. The number of carbonyl (C=O) groups is 3. The van der Waals surface area contributed by atoms with E-state index in [0.717, 1.165) is 30.3 Å². The molecular formula is C19H18N2O4S. The molecule has 0 bridgehead atoms. The molecule has 0 spiro atoms. The number of piperidine rings is 1. The number of carbonyl (C=O) groups excluding carboxylic acids is 2. The number of hydrogen-bond donors (Lipinski definition) is 1. The number of hydrogen-bond acceptors (Lipinski definition) is 5. The second-order valence-electron chi connectivity index (χ2n) is 6.47.